The molecule has 1 aromatic carbocycles. The van der Waals surface area contributed by atoms with E-state index in [1.165, 1.54) is 31.3 Å². The summed E-state index contributed by atoms with van der Waals surface area (Å²) in [4.78, 5) is 29.2. The summed E-state index contributed by atoms with van der Waals surface area (Å²) in [7, 11) is 1.85. The number of hydrogen-bond donors (Lipinski definition) is 2. The molecular formula is C21H34N4O4S. The lowest BCUT2D eigenvalue weighted by Crippen LogP contribution is -2.46. The maximum absolute atomic E-state index is 12.7. The molecule has 1 aliphatic heterocycles. The van der Waals surface area contributed by atoms with Gasteiger partial charge >= 0.3 is 0 Å². The van der Waals surface area contributed by atoms with Gasteiger partial charge < -0.3 is 15.1 Å². The second-order valence-electron chi connectivity index (χ2n) is 8.92. The molecular weight excluding hydrogens is 404 g/mol. The van der Waals surface area contributed by atoms with Crippen LogP contribution in [-0.4, -0.2) is 77.4 Å². The lowest BCUT2D eigenvalue weighted by atomic mass is 9.91. The van der Waals surface area contributed by atoms with Crippen LogP contribution in [0.5, 0.6) is 0 Å². The molecule has 1 aromatic rings. The van der Waals surface area contributed by atoms with E-state index < -0.39 is 10.0 Å². The Labute approximate surface area is 180 Å². The van der Waals surface area contributed by atoms with Crippen LogP contribution >= 0.6 is 0 Å². The summed E-state index contributed by atoms with van der Waals surface area (Å²) in [5, 5.41) is 3.07. The third kappa shape index (κ3) is 6.52. The van der Waals surface area contributed by atoms with Gasteiger partial charge in [-0.1, -0.05) is 13.8 Å². The molecule has 1 saturated heterocycles. The minimum atomic E-state index is -3.53. The number of nitrogens with zero attached hydrogens (tertiary/aromatic N) is 2. The van der Waals surface area contributed by atoms with Crippen molar-refractivity contribution in [3.8, 4) is 0 Å². The van der Waals surface area contributed by atoms with Gasteiger partial charge in [0.1, 0.15) is 0 Å². The number of hydrogen-bond acceptors (Lipinski definition) is 5. The van der Waals surface area contributed by atoms with Gasteiger partial charge in [-0.15, -0.1) is 0 Å². The third-order valence-corrected chi connectivity index (χ3v) is 6.75. The second-order valence-corrected chi connectivity index (χ2v) is 10.8. The third-order valence-electron chi connectivity index (χ3n) is 5.32. The van der Waals surface area contributed by atoms with Crippen LogP contribution in [0.15, 0.2) is 29.2 Å². The molecule has 2 rings (SSSR count). The van der Waals surface area contributed by atoms with Crippen molar-refractivity contribution in [2.24, 2.45) is 11.3 Å². The van der Waals surface area contributed by atoms with E-state index in [0.717, 1.165) is 6.54 Å². The van der Waals surface area contributed by atoms with Crippen molar-refractivity contribution in [2.75, 3.05) is 47.3 Å². The van der Waals surface area contributed by atoms with Crippen LogP contribution < -0.4 is 10.0 Å². The molecule has 1 fully saturated rings. The zero-order valence-corrected chi connectivity index (χ0v) is 19.4. The number of piperidine rings is 1. The van der Waals surface area contributed by atoms with Crippen LogP contribution in [0.1, 0.15) is 37.0 Å². The first-order valence-electron chi connectivity index (χ1n) is 10.2. The number of rotatable bonds is 8. The van der Waals surface area contributed by atoms with E-state index in [2.05, 4.69) is 28.8 Å². The number of amides is 2. The zero-order valence-electron chi connectivity index (χ0n) is 18.6. The first-order valence-corrected chi connectivity index (χ1v) is 11.7. The first kappa shape index (κ1) is 24.3. The van der Waals surface area contributed by atoms with Gasteiger partial charge in [-0.05, 0) is 63.7 Å². The molecule has 30 heavy (non-hydrogen) atoms. The van der Waals surface area contributed by atoms with Gasteiger partial charge in [-0.2, -0.15) is 0 Å². The summed E-state index contributed by atoms with van der Waals surface area (Å²) in [6, 6.07) is 5.90. The molecule has 0 saturated carbocycles. The minimum Gasteiger partial charge on any atom is -0.355 e. The van der Waals surface area contributed by atoms with Crippen molar-refractivity contribution in [1.82, 2.24) is 19.8 Å². The Morgan fingerprint density at radius 3 is 2.20 bits per heavy atom. The Morgan fingerprint density at radius 2 is 1.70 bits per heavy atom. The molecule has 1 aliphatic rings. The van der Waals surface area contributed by atoms with Crippen molar-refractivity contribution in [1.29, 1.82) is 0 Å². The van der Waals surface area contributed by atoms with Gasteiger partial charge in [0.15, 0.2) is 0 Å². The standard InChI is InChI=1S/C21H34N4O4S/c1-21(2,15-24(4)5)14-23-19(26)16-10-12-25(13-11-16)20(27)17-6-8-18(9-7-17)30(28,29)22-3/h6-9,16,22H,10-15H2,1-5H3,(H,23,26). The van der Waals surface area contributed by atoms with Crippen molar-refractivity contribution >= 4 is 21.8 Å². The summed E-state index contributed by atoms with van der Waals surface area (Å²) < 4.78 is 25.9. The van der Waals surface area contributed by atoms with Crippen molar-refractivity contribution in [3.63, 3.8) is 0 Å². The molecule has 0 unspecified atom stereocenters. The molecule has 2 amide bonds. The largest absolute Gasteiger partial charge is 0.355 e. The fourth-order valence-corrected chi connectivity index (χ4v) is 4.53. The Bertz CT molecular complexity index is 842. The number of benzene rings is 1. The number of likely N-dealkylation sites (tertiary alicyclic amines) is 1. The molecule has 168 valence electrons. The molecule has 1 heterocycles. The Kier molecular flexibility index (Phi) is 8.01. The van der Waals surface area contributed by atoms with Gasteiger partial charge in [0, 0.05) is 37.7 Å². The Morgan fingerprint density at radius 1 is 1.13 bits per heavy atom. The minimum absolute atomic E-state index is 0.0111. The van der Waals surface area contributed by atoms with E-state index in [0.29, 0.717) is 38.0 Å². The topological polar surface area (TPSA) is 98.8 Å². The van der Waals surface area contributed by atoms with E-state index in [-0.39, 0.29) is 28.0 Å². The van der Waals surface area contributed by atoms with Crippen LogP contribution in [0.4, 0.5) is 0 Å². The summed E-state index contributed by atoms with van der Waals surface area (Å²) in [6.07, 6.45) is 1.25. The molecule has 0 radical (unpaired) electrons. The van der Waals surface area contributed by atoms with E-state index in [1.807, 2.05) is 14.1 Å². The van der Waals surface area contributed by atoms with Gasteiger partial charge in [0.05, 0.1) is 4.90 Å². The van der Waals surface area contributed by atoms with Gasteiger partial charge in [0.2, 0.25) is 15.9 Å². The highest BCUT2D eigenvalue weighted by Gasteiger charge is 2.29. The molecule has 0 spiro atoms. The number of sulfonamides is 1. The molecule has 2 N–H and O–H groups in total. The van der Waals surface area contributed by atoms with E-state index in [1.54, 1.807) is 4.90 Å². The van der Waals surface area contributed by atoms with Crippen LogP contribution in [0, 0.1) is 11.3 Å². The van der Waals surface area contributed by atoms with Crippen molar-refractivity contribution in [3.05, 3.63) is 29.8 Å². The molecule has 0 aliphatic carbocycles. The zero-order chi connectivity index (χ0) is 22.5. The summed E-state index contributed by atoms with van der Waals surface area (Å²) >= 11 is 0. The first-order chi connectivity index (χ1) is 13.9. The Balaban J connectivity index is 1.87. The van der Waals surface area contributed by atoms with E-state index >= 15 is 0 Å². The van der Waals surface area contributed by atoms with Crippen molar-refractivity contribution in [2.45, 2.75) is 31.6 Å². The highest BCUT2D eigenvalue weighted by molar-refractivity contribution is 7.89. The maximum Gasteiger partial charge on any atom is 0.253 e. The van der Waals surface area contributed by atoms with Crippen LogP contribution in [0.25, 0.3) is 0 Å². The van der Waals surface area contributed by atoms with Gasteiger partial charge in [0.25, 0.3) is 5.91 Å². The predicted octanol–water partition coefficient (Wildman–Crippen LogP) is 1.15. The summed E-state index contributed by atoms with van der Waals surface area (Å²) in [5.74, 6) is -0.183. The molecule has 0 atom stereocenters. The number of carbonyl (C=O) groups is 2. The van der Waals surface area contributed by atoms with Crippen LogP contribution in [0.2, 0.25) is 0 Å². The predicted molar refractivity (Wildman–Crippen MR) is 117 cm³/mol. The normalized spacial score (nSPS) is 16.0. The molecule has 0 bridgehead atoms. The van der Waals surface area contributed by atoms with E-state index in [4.69, 9.17) is 0 Å². The maximum atomic E-state index is 12.7. The average molecular weight is 439 g/mol. The number of nitrogens with one attached hydrogen (secondary N) is 2. The van der Waals surface area contributed by atoms with E-state index in [9.17, 15) is 18.0 Å². The van der Waals surface area contributed by atoms with Gasteiger partial charge in [-0.3, -0.25) is 9.59 Å². The summed E-state index contributed by atoms with van der Waals surface area (Å²) in [6.45, 7) is 6.77. The highest BCUT2D eigenvalue weighted by atomic mass is 32.2. The molecule has 8 nitrogen and oxygen atoms in total. The second kappa shape index (κ2) is 9.89. The smallest absolute Gasteiger partial charge is 0.253 e. The van der Waals surface area contributed by atoms with Gasteiger partial charge in [-0.25, -0.2) is 13.1 Å². The highest BCUT2D eigenvalue weighted by Crippen LogP contribution is 2.21. The fraction of sp³-hybridized carbons (Fsp3) is 0.619. The average Bonchev–Trinajstić information content (AvgIpc) is 2.71. The lowest BCUT2D eigenvalue weighted by molar-refractivity contribution is -0.126. The monoisotopic (exact) mass is 438 g/mol. The quantitative estimate of drug-likeness (QED) is 0.634. The molecule has 0 aromatic heterocycles. The summed E-state index contributed by atoms with van der Waals surface area (Å²) in [5.41, 5.74) is 0.432. The lowest BCUT2D eigenvalue weighted by Gasteiger charge is -2.33. The fourth-order valence-electron chi connectivity index (χ4n) is 3.80. The SMILES string of the molecule is CNS(=O)(=O)c1ccc(C(=O)N2CCC(C(=O)NCC(C)(C)CN(C)C)CC2)cc1. The number of carbonyl (C=O) groups excluding carboxylic acids is 2. The Hall–Kier alpha value is -1.97. The molecule has 9 heteroatoms. The van der Waals surface area contributed by atoms with Crippen LogP contribution in [-0.2, 0) is 14.8 Å². The van der Waals surface area contributed by atoms with Crippen molar-refractivity contribution < 1.29 is 18.0 Å². The van der Waals surface area contributed by atoms with Crippen LogP contribution in [0.3, 0.4) is 0 Å².